The third-order valence-corrected chi connectivity index (χ3v) is 3.42. The molecule has 0 aliphatic rings. The van der Waals surface area contributed by atoms with Gasteiger partial charge in [-0.15, -0.1) is 0 Å². The van der Waals surface area contributed by atoms with Gasteiger partial charge in [-0.3, -0.25) is 0 Å². The molecule has 3 aromatic rings. The molecule has 0 aliphatic heterocycles. The first-order valence-electron chi connectivity index (χ1n) is 6.98. The van der Waals surface area contributed by atoms with Crippen molar-refractivity contribution in [1.82, 2.24) is 0 Å². The maximum absolute atomic E-state index is 13.6. The highest BCUT2D eigenvalue weighted by Crippen LogP contribution is 2.33. The number of hydrogen-bond acceptors (Lipinski definition) is 0. The van der Waals surface area contributed by atoms with Crippen LogP contribution in [0.5, 0.6) is 0 Å². The molecule has 0 amide bonds. The minimum Gasteiger partial charge on any atom is -0.200 e. The number of hydrogen-bond donors (Lipinski definition) is 0. The normalized spacial score (nSPS) is 10.7. The van der Waals surface area contributed by atoms with Crippen molar-refractivity contribution in [2.45, 2.75) is 0 Å². The fourth-order valence-corrected chi connectivity index (χ4v) is 2.54. The monoisotopic (exact) mass is 333 g/mol. The molecule has 0 bridgehead atoms. The first-order chi connectivity index (χ1) is 11.4. The van der Waals surface area contributed by atoms with Crippen LogP contribution in [0.4, 0.5) is 22.0 Å². The van der Waals surface area contributed by atoms with Gasteiger partial charge in [0.2, 0.25) is 0 Å². The molecule has 0 unspecified atom stereocenters. The highest BCUT2D eigenvalue weighted by Gasteiger charge is 2.26. The van der Waals surface area contributed by atoms with Crippen LogP contribution in [0.2, 0.25) is 0 Å². The fourth-order valence-electron chi connectivity index (χ4n) is 2.54. The Morgan fingerprint density at radius 1 is 0.458 bits per heavy atom. The maximum atomic E-state index is 13.6. The van der Waals surface area contributed by atoms with Crippen LogP contribution in [0.25, 0.3) is 0 Å². The molecule has 0 aliphatic carbocycles. The quantitative estimate of drug-likeness (QED) is 0.342. The van der Waals surface area contributed by atoms with E-state index in [-0.39, 0.29) is 22.6 Å². The molecule has 0 aromatic heterocycles. The van der Waals surface area contributed by atoms with E-state index in [4.69, 9.17) is 0 Å². The van der Waals surface area contributed by atoms with Gasteiger partial charge in [0.1, 0.15) is 5.82 Å². The van der Waals surface area contributed by atoms with Gasteiger partial charge in [0.25, 0.3) is 0 Å². The molecule has 0 atom stereocenters. The van der Waals surface area contributed by atoms with E-state index in [1.807, 2.05) is 0 Å². The summed E-state index contributed by atoms with van der Waals surface area (Å²) in [5.74, 6) is -3.87. The molecule has 5 heteroatoms. The molecule has 0 nitrogen and oxygen atoms in total. The second kappa shape index (κ2) is 6.35. The third kappa shape index (κ3) is 3.40. The van der Waals surface area contributed by atoms with E-state index < -0.39 is 29.1 Å². The third-order valence-electron chi connectivity index (χ3n) is 3.42. The Morgan fingerprint density at radius 2 is 0.875 bits per heavy atom. The van der Waals surface area contributed by atoms with Gasteiger partial charge in [-0.2, -0.15) is 0 Å². The second-order valence-electron chi connectivity index (χ2n) is 5.20. The summed E-state index contributed by atoms with van der Waals surface area (Å²) in [6.45, 7) is 0. The lowest BCUT2D eigenvalue weighted by atomic mass is 9.85. The zero-order valence-corrected chi connectivity index (χ0v) is 12.2. The summed E-state index contributed by atoms with van der Waals surface area (Å²) in [7, 11) is 0. The van der Waals surface area contributed by atoms with Crippen molar-refractivity contribution < 1.29 is 22.0 Å². The molecule has 3 rings (SSSR count). The van der Waals surface area contributed by atoms with Crippen molar-refractivity contribution >= 4 is 0 Å². The minimum absolute atomic E-state index is 0.0445. The summed E-state index contributed by atoms with van der Waals surface area (Å²) < 4.78 is 67.9. The van der Waals surface area contributed by atoms with Gasteiger partial charge in [-0.25, -0.2) is 22.0 Å². The summed E-state index contributed by atoms with van der Waals surface area (Å²) in [5, 5.41) is 0. The first-order valence-corrected chi connectivity index (χ1v) is 6.98. The van der Waals surface area contributed by atoms with Crippen LogP contribution >= 0.6 is 0 Å². The Morgan fingerprint density at radius 3 is 1.29 bits per heavy atom. The highest BCUT2D eigenvalue weighted by molar-refractivity contribution is 5.57. The Bertz CT molecular complexity index is 797. The summed E-state index contributed by atoms with van der Waals surface area (Å²) >= 11 is 0. The van der Waals surface area contributed by atoms with E-state index in [0.29, 0.717) is 12.1 Å². The summed E-state index contributed by atoms with van der Waals surface area (Å²) in [5.41, 5.74) is 0.330. The van der Waals surface area contributed by atoms with Gasteiger partial charge in [-0.1, -0.05) is 0 Å². The van der Waals surface area contributed by atoms with Crippen LogP contribution in [0.15, 0.2) is 60.7 Å². The molecule has 0 radical (unpaired) electrons. The Kier molecular flexibility index (Phi) is 4.25. The molecule has 0 spiro atoms. The predicted molar refractivity (Wildman–Crippen MR) is 79.7 cm³/mol. The van der Waals surface area contributed by atoms with Crippen molar-refractivity contribution in [3.63, 3.8) is 0 Å². The fraction of sp³-hybridized carbons (Fsp3) is 0. The zero-order valence-electron chi connectivity index (χ0n) is 12.2. The van der Waals surface area contributed by atoms with E-state index in [1.54, 1.807) is 0 Å². The van der Waals surface area contributed by atoms with E-state index >= 15 is 0 Å². The standard InChI is InChI=1S/C19H10F5/c20-14-3-1-2-11(4-14)19(12-5-15(21)9-16(22)6-12)13-7-17(23)10-18(24)8-13/h1-10H/q+1. The lowest BCUT2D eigenvalue weighted by Crippen LogP contribution is -2.07. The minimum atomic E-state index is -0.851. The average molecular weight is 333 g/mol. The lowest BCUT2D eigenvalue weighted by Gasteiger charge is -2.14. The average Bonchev–Trinajstić information content (AvgIpc) is 2.45. The van der Waals surface area contributed by atoms with E-state index in [0.717, 1.165) is 30.3 Å². The van der Waals surface area contributed by atoms with Crippen molar-refractivity contribution in [2.24, 2.45) is 0 Å². The predicted octanol–water partition coefficient (Wildman–Crippen LogP) is 5.40. The van der Waals surface area contributed by atoms with E-state index in [9.17, 15) is 22.0 Å². The number of rotatable bonds is 3. The summed E-state index contributed by atoms with van der Waals surface area (Å²) in [4.78, 5) is 0. The van der Waals surface area contributed by atoms with Crippen molar-refractivity contribution in [3.05, 3.63) is 112 Å². The van der Waals surface area contributed by atoms with Crippen LogP contribution in [-0.4, -0.2) is 0 Å². The van der Waals surface area contributed by atoms with Crippen LogP contribution in [0.1, 0.15) is 16.7 Å². The van der Waals surface area contributed by atoms with Crippen LogP contribution in [0, 0.1) is 35.0 Å². The van der Waals surface area contributed by atoms with Gasteiger partial charge < -0.3 is 0 Å². The van der Waals surface area contributed by atoms with Gasteiger partial charge in [-0.05, 0) is 18.2 Å². The SMILES string of the molecule is Fc1cccc([C+](c2cc(F)cc(F)c2)c2cc(F)cc(F)c2)c1. The van der Waals surface area contributed by atoms with Gasteiger partial charge in [0.15, 0.2) is 23.3 Å². The largest absolute Gasteiger partial charge is 0.200 e. The molecule has 0 saturated heterocycles. The van der Waals surface area contributed by atoms with Crippen molar-refractivity contribution in [2.75, 3.05) is 0 Å². The second-order valence-corrected chi connectivity index (χ2v) is 5.20. The highest BCUT2D eigenvalue weighted by atomic mass is 19.1. The van der Waals surface area contributed by atoms with Gasteiger partial charge in [0.05, 0.1) is 22.6 Å². The van der Waals surface area contributed by atoms with Gasteiger partial charge in [0, 0.05) is 42.5 Å². The molecule has 0 fully saturated rings. The molecule has 0 N–H and O–H groups in total. The smallest absolute Gasteiger partial charge is 0.150 e. The van der Waals surface area contributed by atoms with Crippen LogP contribution < -0.4 is 0 Å². The van der Waals surface area contributed by atoms with E-state index in [2.05, 4.69) is 0 Å². The summed E-state index contributed by atoms with van der Waals surface area (Å²) in [6, 6.07) is 10.6. The lowest BCUT2D eigenvalue weighted by molar-refractivity contribution is 0.579. The Hall–Kier alpha value is -2.82. The molecule has 120 valence electrons. The van der Waals surface area contributed by atoms with Crippen LogP contribution in [-0.2, 0) is 0 Å². The molecule has 24 heavy (non-hydrogen) atoms. The first kappa shape index (κ1) is 16.1. The molecular weight excluding hydrogens is 323 g/mol. The topological polar surface area (TPSA) is 0 Å². The number of benzene rings is 3. The van der Waals surface area contributed by atoms with Gasteiger partial charge >= 0.3 is 0 Å². The number of halogens is 5. The summed E-state index contributed by atoms with van der Waals surface area (Å²) in [6.07, 6.45) is 0. The Labute approximate surface area is 135 Å². The molecule has 0 heterocycles. The Balaban J connectivity index is 2.24. The van der Waals surface area contributed by atoms with Crippen molar-refractivity contribution in [3.8, 4) is 0 Å². The molecule has 3 aromatic carbocycles. The van der Waals surface area contributed by atoms with Crippen molar-refractivity contribution in [1.29, 1.82) is 0 Å². The molecular formula is C19H10F5+. The maximum Gasteiger partial charge on any atom is 0.150 e. The van der Waals surface area contributed by atoms with E-state index in [1.165, 1.54) is 18.2 Å². The molecule has 0 saturated carbocycles. The van der Waals surface area contributed by atoms with Crippen LogP contribution in [0.3, 0.4) is 0 Å². The zero-order chi connectivity index (χ0) is 17.3.